The van der Waals surface area contributed by atoms with Crippen molar-refractivity contribution in [2.24, 2.45) is 0 Å². The van der Waals surface area contributed by atoms with Crippen molar-refractivity contribution in [1.29, 1.82) is 0 Å². The minimum Gasteiger partial charge on any atom is -0.487 e. The lowest BCUT2D eigenvalue weighted by Gasteiger charge is -2.34. The molecule has 4 rings (SSSR count). The van der Waals surface area contributed by atoms with Crippen LogP contribution in [0.5, 0.6) is 17.2 Å². The second-order valence-electron chi connectivity index (χ2n) is 7.72. The summed E-state index contributed by atoms with van der Waals surface area (Å²) in [5.74, 6) is 0.216. The van der Waals surface area contributed by atoms with Crippen LogP contribution in [0.3, 0.4) is 0 Å². The summed E-state index contributed by atoms with van der Waals surface area (Å²) in [4.78, 5) is 25.1. The molecule has 1 aliphatic rings. The molecule has 5 nitrogen and oxygen atoms in total. The van der Waals surface area contributed by atoms with Gasteiger partial charge in [-0.25, -0.2) is 4.79 Å². The van der Waals surface area contributed by atoms with Gasteiger partial charge in [-0.05, 0) is 38.8 Å². The zero-order chi connectivity index (χ0) is 20.6. The van der Waals surface area contributed by atoms with Crippen LogP contribution in [0.1, 0.15) is 43.1 Å². The van der Waals surface area contributed by atoms with E-state index in [2.05, 4.69) is 0 Å². The Morgan fingerprint density at radius 1 is 0.931 bits per heavy atom. The predicted octanol–water partition coefficient (Wildman–Crippen LogP) is 5.09. The molecule has 0 saturated heterocycles. The Bertz CT molecular complexity index is 1100. The summed E-state index contributed by atoms with van der Waals surface area (Å²) >= 11 is 0. The molecule has 1 heterocycles. The van der Waals surface area contributed by atoms with Gasteiger partial charge in [-0.2, -0.15) is 0 Å². The van der Waals surface area contributed by atoms with Crippen LogP contribution in [0, 0.1) is 0 Å². The number of hydrogen-bond acceptors (Lipinski definition) is 5. The molecule has 0 bridgehead atoms. The topological polar surface area (TPSA) is 61.8 Å². The van der Waals surface area contributed by atoms with Crippen molar-refractivity contribution in [3.63, 3.8) is 0 Å². The molecule has 0 aromatic heterocycles. The van der Waals surface area contributed by atoms with Crippen LogP contribution in [0.25, 0.3) is 10.8 Å². The Labute approximate surface area is 169 Å². The second-order valence-corrected chi connectivity index (χ2v) is 7.72. The van der Waals surface area contributed by atoms with Crippen LogP contribution in [0.2, 0.25) is 0 Å². The van der Waals surface area contributed by atoms with Crippen molar-refractivity contribution in [2.75, 3.05) is 0 Å². The lowest BCUT2D eigenvalue weighted by atomic mass is 9.88. The average Bonchev–Trinajstić information content (AvgIpc) is 2.68. The van der Waals surface area contributed by atoms with Crippen LogP contribution in [0.15, 0.2) is 54.6 Å². The molecule has 0 spiro atoms. The summed E-state index contributed by atoms with van der Waals surface area (Å²) < 4.78 is 17.4. The third-order valence-corrected chi connectivity index (χ3v) is 4.98. The highest BCUT2D eigenvalue weighted by molar-refractivity contribution is 6.07. The van der Waals surface area contributed by atoms with E-state index in [1.165, 1.54) is 6.92 Å². The van der Waals surface area contributed by atoms with Gasteiger partial charge in [0.25, 0.3) is 0 Å². The standard InChI is InChI=1S/C24H22O5/c1-15(25)27-22-18-12-8-7-11-17(18)21-19(13-14-24(2,3)29-21)20(22)23(26)28-16-9-5-4-6-10-16/h4-12H,13-14H2,1-3H3. The van der Waals surface area contributed by atoms with E-state index in [0.717, 1.165) is 11.8 Å². The van der Waals surface area contributed by atoms with Crippen molar-refractivity contribution in [1.82, 2.24) is 0 Å². The van der Waals surface area contributed by atoms with E-state index < -0.39 is 11.9 Å². The first kappa shape index (κ1) is 19.0. The van der Waals surface area contributed by atoms with E-state index in [9.17, 15) is 9.59 Å². The van der Waals surface area contributed by atoms with Crippen LogP contribution < -0.4 is 14.2 Å². The Hall–Kier alpha value is -3.34. The molecule has 5 heteroatoms. The average molecular weight is 390 g/mol. The molecule has 1 aliphatic heterocycles. The largest absolute Gasteiger partial charge is 0.487 e. The number of rotatable bonds is 3. The highest BCUT2D eigenvalue weighted by Crippen LogP contribution is 2.46. The van der Waals surface area contributed by atoms with E-state index in [1.807, 2.05) is 44.2 Å². The maximum absolute atomic E-state index is 13.2. The van der Waals surface area contributed by atoms with E-state index in [1.54, 1.807) is 24.3 Å². The Balaban J connectivity index is 1.96. The molecule has 0 saturated carbocycles. The van der Waals surface area contributed by atoms with E-state index in [4.69, 9.17) is 14.2 Å². The Morgan fingerprint density at radius 3 is 2.28 bits per heavy atom. The van der Waals surface area contributed by atoms with Crippen molar-refractivity contribution in [2.45, 2.75) is 39.2 Å². The lowest BCUT2D eigenvalue weighted by molar-refractivity contribution is -0.131. The molecule has 0 unspecified atom stereocenters. The summed E-state index contributed by atoms with van der Waals surface area (Å²) in [6, 6.07) is 16.3. The molecule has 3 aromatic rings. The zero-order valence-electron chi connectivity index (χ0n) is 16.7. The molecule has 0 radical (unpaired) electrons. The summed E-state index contributed by atoms with van der Waals surface area (Å²) in [5, 5.41) is 1.45. The third-order valence-electron chi connectivity index (χ3n) is 4.98. The maximum atomic E-state index is 13.2. The number of carbonyl (C=O) groups is 2. The second kappa shape index (κ2) is 7.24. The SMILES string of the molecule is CC(=O)Oc1c(C(=O)Oc2ccccc2)c2c(c3ccccc13)OC(C)(C)CC2. The number of esters is 2. The van der Waals surface area contributed by atoms with Gasteiger partial charge in [-0.15, -0.1) is 0 Å². The number of ether oxygens (including phenoxy) is 3. The van der Waals surface area contributed by atoms with Crippen LogP contribution in [-0.2, 0) is 11.2 Å². The van der Waals surface area contributed by atoms with Gasteiger partial charge in [0.1, 0.15) is 22.7 Å². The molecule has 29 heavy (non-hydrogen) atoms. The van der Waals surface area contributed by atoms with Gasteiger partial charge in [0.2, 0.25) is 0 Å². The summed E-state index contributed by atoms with van der Waals surface area (Å²) in [6.45, 7) is 5.36. The zero-order valence-corrected chi connectivity index (χ0v) is 16.7. The lowest BCUT2D eigenvalue weighted by Crippen LogP contribution is -2.34. The van der Waals surface area contributed by atoms with Crippen molar-refractivity contribution in [3.05, 3.63) is 65.7 Å². The first-order valence-electron chi connectivity index (χ1n) is 9.58. The summed E-state index contributed by atoms with van der Waals surface area (Å²) in [7, 11) is 0. The van der Waals surface area contributed by atoms with Gasteiger partial charge in [0.05, 0.1) is 0 Å². The van der Waals surface area contributed by atoms with Crippen molar-refractivity contribution in [3.8, 4) is 17.2 Å². The summed E-state index contributed by atoms with van der Waals surface area (Å²) in [6.07, 6.45) is 1.34. The molecule has 148 valence electrons. The van der Waals surface area contributed by atoms with Gasteiger partial charge in [0, 0.05) is 23.3 Å². The molecule has 0 amide bonds. The quantitative estimate of drug-likeness (QED) is 0.461. The van der Waals surface area contributed by atoms with Gasteiger partial charge in [-0.1, -0.05) is 42.5 Å². The molecule has 0 aliphatic carbocycles. The molecule has 0 N–H and O–H groups in total. The normalized spacial score (nSPS) is 14.6. The molecular weight excluding hydrogens is 368 g/mol. The van der Waals surface area contributed by atoms with Crippen LogP contribution in [-0.4, -0.2) is 17.5 Å². The van der Waals surface area contributed by atoms with Crippen molar-refractivity contribution >= 4 is 22.7 Å². The Kier molecular flexibility index (Phi) is 4.74. The fraction of sp³-hybridized carbons (Fsp3) is 0.250. The van der Waals surface area contributed by atoms with E-state index in [-0.39, 0.29) is 16.9 Å². The third kappa shape index (κ3) is 3.68. The number of hydrogen-bond donors (Lipinski definition) is 0. The van der Waals surface area contributed by atoms with E-state index in [0.29, 0.717) is 28.9 Å². The van der Waals surface area contributed by atoms with Gasteiger partial charge < -0.3 is 14.2 Å². The minimum atomic E-state index is -0.572. The van der Waals surface area contributed by atoms with Crippen LogP contribution >= 0.6 is 0 Å². The highest BCUT2D eigenvalue weighted by Gasteiger charge is 2.35. The molecular formula is C24H22O5. The van der Waals surface area contributed by atoms with Crippen molar-refractivity contribution < 1.29 is 23.8 Å². The predicted molar refractivity (Wildman–Crippen MR) is 110 cm³/mol. The number of fused-ring (bicyclic) bond motifs is 3. The number of carbonyl (C=O) groups excluding carboxylic acids is 2. The monoisotopic (exact) mass is 390 g/mol. The Morgan fingerprint density at radius 2 is 1.59 bits per heavy atom. The number of benzene rings is 3. The molecule has 0 atom stereocenters. The van der Waals surface area contributed by atoms with Gasteiger partial charge in [0.15, 0.2) is 5.75 Å². The first-order valence-corrected chi connectivity index (χ1v) is 9.58. The van der Waals surface area contributed by atoms with Crippen LogP contribution in [0.4, 0.5) is 0 Å². The summed E-state index contributed by atoms with van der Waals surface area (Å²) in [5.41, 5.74) is 0.590. The fourth-order valence-electron chi connectivity index (χ4n) is 3.65. The highest BCUT2D eigenvalue weighted by atomic mass is 16.6. The molecule has 0 fully saturated rings. The maximum Gasteiger partial charge on any atom is 0.347 e. The first-order chi connectivity index (χ1) is 13.9. The smallest absolute Gasteiger partial charge is 0.347 e. The number of para-hydroxylation sites is 1. The van der Waals surface area contributed by atoms with Gasteiger partial charge in [-0.3, -0.25) is 4.79 Å². The van der Waals surface area contributed by atoms with Gasteiger partial charge >= 0.3 is 11.9 Å². The van der Waals surface area contributed by atoms with E-state index >= 15 is 0 Å². The fourth-order valence-corrected chi connectivity index (χ4v) is 3.65. The minimum absolute atomic E-state index is 0.219. The molecule has 3 aromatic carbocycles.